The molecule has 1 aromatic carbocycles. The number of hydrogen-bond donors (Lipinski definition) is 0. The van der Waals surface area contributed by atoms with Crippen molar-refractivity contribution in [1.82, 2.24) is 19.7 Å². The van der Waals surface area contributed by atoms with E-state index in [2.05, 4.69) is 10.1 Å². The van der Waals surface area contributed by atoms with Gasteiger partial charge in [-0.3, -0.25) is 4.79 Å². The molecule has 1 unspecified atom stereocenters. The van der Waals surface area contributed by atoms with Crippen LogP contribution in [0.15, 0.2) is 24.3 Å². The molecule has 1 aliphatic heterocycles. The summed E-state index contributed by atoms with van der Waals surface area (Å²) >= 11 is 0. The van der Waals surface area contributed by atoms with E-state index in [1.165, 1.54) is 28.9 Å². The Bertz CT molecular complexity index is 811. The van der Waals surface area contributed by atoms with Gasteiger partial charge in [-0.15, -0.1) is 5.10 Å². The maximum Gasteiger partial charge on any atom is 0.379 e. The second-order valence-electron chi connectivity index (χ2n) is 6.66. The summed E-state index contributed by atoms with van der Waals surface area (Å²) in [5.74, 6) is -0.987. The molecule has 1 saturated heterocycles. The second kappa shape index (κ2) is 8.28. The number of carbonyl (C=O) groups excluding carboxylic acids is 2. The van der Waals surface area contributed by atoms with E-state index in [9.17, 15) is 14.0 Å². The van der Waals surface area contributed by atoms with E-state index in [0.29, 0.717) is 24.6 Å². The molecule has 0 saturated carbocycles. The predicted molar refractivity (Wildman–Crippen MR) is 96.0 cm³/mol. The van der Waals surface area contributed by atoms with Crippen LogP contribution in [-0.2, 0) is 9.53 Å². The second-order valence-corrected chi connectivity index (χ2v) is 6.66. The van der Waals surface area contributed by atoms with Crippen molar-refractivity contribution < 1.29 is 18.7 Å². The number of halogens is 1. The Hall–Kier alpha value is -2.77. The fourth-order valence-corrected chi connectivity index (χ4v) is 3.12. The summed E-state index contributed by atoms with van der Waals surface area (Å²) in [4.78, 5) is 30.7. The first-order valence-corrected chi connectivity index (χ1v) is 9.15. The van der Waals surface area contributed by atoms with E-state index in [1.54, 1.807) is 18.7 Å². The molecule has 1 fully saturated rings. The number of amides is 1. The lowest BCUT2D eigenvalue weighted by atomic mass is 10.2. The van der Waals surface area contributed by atoms with Crippen LogP contribution in [0, 0.1) is 12.7 Å². The highest BCUT2D eigenvalue weighted by Gasteiger charge is 2.27. The molecule has 27 heavy (non-hydrogen) atoms. The van der Waals surface area contributed by atoms with Crippen molar-refractivity contribution in [2.45, 2.75) is 45.6 Å². The van der Waals surface area contributed by atoms with Gasteiger partial charge in [-0.05, 0) is 51.0 Å². The zero-order valence-corrected chi connectivity index (χ0v) is 15.5. The summed E-state index contributed by atoms with van der Waals surface area (Å²) in [5, 5.41) is 4.13. The summed E-state index contributed by atoms with van der Waals surface area (Å²) < 4.78 is 19.8. The van der Waals surface area contributed by atoms with Crippen LogP contribution in [0.25, 0.3) is 5.69 Å². The highest BCUT2D eigenvalue weighted by atomic mass is 19.1. The van der Waals surface area contributed by atoms with Crippen LogP contribution in [0.1, 0.15) is 49.1 Å². The Labute approximate surface area is 157 Å². The summed E-state index contributed by atoms with van der Waals surface area (Å²) in [6.45, 7) is 4.63. The normalized spacial score (nSPS) is 15.9. The molecule has 3 rings (SSSR count). The van der Waals surface area contributed by atoms with Gasteiger partial charge >= 0.3 is 5.97 Å². The monoisotopic (exact) mass is 374 g/mol. The van der Waals surface area contributed by atoms with E-state index in [4.69, 9.17) is 4.74 Å². The van der Waals surface area contributed by atoms with Crippen molar-refractivity contribution >= 4 is 11.9 Å². The van der Waals surface area contributed by atoms with Gasteiger partial charge in [0.2, 0.25) is 0 Å². The van der Waals surface area contributed by atoms with Gasteiger partial charge < -0.3 is 9.64 Å². The first-order chi connectivity index (χ1) is 13.0. The van der Waals surface area contributed by atoms with Crippen molar-refractivity contribution in [3.05, 3.63) is 41.7 Å². The molecule has 2 aromatic rings. The molecule has 1 aromatic heterocycles. The van der Waals surface area contributed by atoms with E-state index < -0.39 is 12.1 Å². The Kier molecular flexibility index (Phi) is 5.83. The van der Waals surface area contributed by atoms with E-state index in [0.717, 1.165) is 25.7 Å². The summed E-state index contributed by atoms with van der Waals surface area (Å²) in [6.07, 6.45) is 3.27. The Morgan fingerprint density at radius 3 is 2.37 bits per heavy atom. The minimum atomic E-state index is -0.895. The minimum absolute atomic E-state index is 0.132. The molecule has 1 atom stereocenters. The van der Waals surface area contributed by atoms with Gasteiger partial charge in [-0.1, -0.05) is 12.8 Å². The summed E-state index contributed by atoms with van der Waals surface area (Å²) in [7, 11) is 0. The van der Waals surface area contributed by atoms with Crippen LogP contribution in [-0.4, -0.2) is 50.7 Å². The number of aromatic nitrogens is 3. The number of likely N-dealkylation sites (tertiary alicyclic amines) is 1. The van der Waals surface area contributed by atoms with Crippen LogP contribution >= 0.6 is 0 Å². The average Bonchev–Trinajstić information content (AvgIpc) is 2.86. The van der Waals surface area contributed by atoms with Crippen molar-refractivity contribution in [2.24, 2.45) is 0 Å². The summed E-state index contributed by atoms with van der Waals surface area (Å²) in [6, 6.07) is 5.68. The number of hydrogen-bond acceptors (Lipinski definition) is 5. The highest BCUT2D eigenvalue weighted by Crippen LogP contribution is 2.14. The zero-order valence-electron chi connectivity index (χ0n) is 15.5. The fourth-order valence-electron chi connectivity index (χ4n) is 3.12. The number of rotatable bonds is 4. The lowest BCUT2D eigenvalue weighted by Crippen LogP contribution is -2.40. The number of esters is 1. The lowest BCUT2D eigenvalue weighted by Gasteiger charge is -2.23. The molecule has 144 valence electrons. The SMILES string of the molecule is Cc1nc(C(=O)OC(C)C(=O)N2CCCCCC2)nn1-c1ccc(F)cc1. The van der Waals surface area contributed by atoms with Gasteiger partial charge in [0.05, 0.1) is 5.69 Å². The highest BCUT2D eigenvalue weighted by molar-refractivity contribution is 5.89. The molecule has 7 nitrogen and oxygen atoms in total. The van der Waals surface area contributed by atoms with Crippen LogP contribution in [0.2, 0.25) is 0 Å². The summed E-state index contributed by atoms with van der Waals surface area (Å²) in [5.41, 5.74) is 0.578. The van der Waals surface area contributed by atoms with E-state index in [-0.39, 0.29) is 17.5 Å². The fraction of sp³-hybridized carbons (Fsp3) is 0.474. The van der Waals surface area contributed by atoms with Gasteiger partial charge in [0.15, 0.2) is 6.10 Å². The number of ether oxygens (including phenoxy) is 1. The van der Waals surface area contributed by atoms with Gasteiger partial charge in [0.25, 0.3) is 11.7 Å². The topological polar surface area (TPSA) is 77.3 Å². The van der Waals surface area contributed by atoms with Crippen molar-refractivity contribution in [3.63, 3.8) is 0 Å². The Morgan fingerprint density at radius 1 is 1.11 bits per heavy atom. The number of aryl methyl sites for hydroxylation is 1. The maximum atomic E-state index is 13.1. The molecule has 0 N–H and O–H groups in total. The van der Waals surface area contributed by atoms with Gasteiger partial charge in [0, 0.05) is 13.1 Å². The molecular weight excluding hydrogens is 351 g/mol. The van der Waals surface area contributed by atoms with Crippen LogP contribution in [0.4, 0.5) is 4.39 Å². The maximum absolute atomic E-state index is 13.1. The molecule has 0 bridgehead atoms. The predicted octanol–water partition coefficient (Wildman–Crippen LogP) is 2.66. The van der Waals surface area contributed by atoms with E-state index >= 15 is 0 Å². The molecule has 0 radical (unpaired) electrons. The van der Waals surface area contributed by atoms with Crippen molar-refractivity contribution in [3.8, 4) is 5.69 Å². The van der Waals surface area contributed by atoms with E-state index in [1.807, 2.05) is 0 Å². The van der Waals surface area contributed by atoms with Gasteiger partial charge in [-0.2, -0.15) is 0 Å². The molecule has 2 heterocycles. The molecule has 0 spiro atoms. The van der Waals surface area contributed by atoms with Crippen LogP contribution < -0.4 is 0 Å². The van der Waals surface area contributed by atoms with Crippen LogP contribution in [0.5, 0.6) is 0 Å². The Morgan fingerprint density at radius 2 is 1.74 bits per heavy atom. The molecule has 1 aliphatic rings. The standard InChI is InChI=1S/C19H23FN4O3/c1-13(18(25)23-11-5-3-4-6-12-23)27-19(26)17-21-14(2)24(22-17)16-9-7-15(20)8-10-16/h7-10,13H,3-6,11-12H2,1-2H3. The number of carbonyl (C=O) groups is 2. The van der Waals surface area contributed by atoms with Crippen molar-refractivity contribution in [1.29, 1.82) is 0 Å². The smallest absolute Gasteiger partial charge is 0.379 e. The molecule has 1 amide bonds. The Balaban J connectivity index is 1.68. The third-order valence-electron chi connectivity index (χ3n) is 4.57. The quantitative estimate of drug-likeness (QED) is 0.769. The zero-order chi connectivity index (χ0) is 19.4. The number of nitrogens with zero attached hydrogens (tertiary/aromatic N) is 4. The minimum Gasteiger partial charge on any atom is -0.447 e. The van der Waals surface area contributed by atoms with Crippen LogP contribution in [0.3, 0.4) is 0 Å². The third kappa shape index (κ3) is 4.50. The van der Waals surface area contributed by atoms with Crippen molar-refractivity contribution in [2.75, 3.05) is 13.1 Å². The number of benzene rings is 1. The molecular formula is C19H23FN4O3. The lowest BCUT2D eigenvalue weighted by molar-refractivity contribution is -0.139. The molecule has 0 aliphatic carbocycles. The first-order valence-electron chi connectivity index (χ1n) is 9.15. The largest absolute Gasteiger partial charge is 0.447 e. The first kappa shape index (κ1) is 19.0. The molecule has 8 heteroatoms. The average molecular weight is 374 g/mol. The third-order valence-corrected chi connectivity index (χ3v) is 4.57. The van der Waals surface area contributed by atoms with Gasteiger partial charge in [-0.25, -0.2) is 18.9 Å². The van der Waals surface area contributed by atoms with Gasteiger partial charge in [0.1, 0.15) is 11.6 Å².